The summed E-state index contributed by atoms with van der Waals surface area (Å²) in [7, 11) is 0. The van der Waals surface area contributed by atoms with Crippen LogP contribution in [0.1, 0.15) is 5.82 Å². The lowest BCUT2D eigenvalue weighted by Gasteiger charge is -2.04. The molecule has 4 aromatic rings. The fourth-order valence-corrected chi connectivity index (χ4v) is 2.70. The zero-order valence-corrected chi connectivity index (χ0v) is 10.7. The first-order valence-corrected chi connectivity index (χ1v) is 6.41. The van der Waals surface area contributed by atoms with Crippen LogP contribution in [-0.2, 0) is 6.18 Å². The largest absolute Gasteiger partial charge is 0.449 e. The van der Waals surface area contributed by atoms with Crippen molar-refractivity contribution < 1.29 is 13.2 Å². The molecule has 0 aliphatic rings. The summed E-state index contributed by atoms with van der Waals surface area (Å²) in [5.74, 6) is -0.960. The summed E-state index contributed by atoms with van der Waals surface area (Å²) in [6.07, 6.45) is -4.47. The van der Waals surface area contributed by atoms with Gasteiger partial charge in [-0.25, -0.2) is 4.98 Å². The third kappa shape index (κ3) is 1.77. The molecule has 21 heavy (non-hydrogen) atoms. The maximum Gasteiger partial charge on any atom is 0.449 e. The molecule has 1 N–H and O–H groups in total. The van der Waals surface area contributed by atoms with Crippen LogP contribution in [0.5, 0.6) is 0 Å². The smallest absolute Gasteiger partial charge is 0.334 e. The number of benzene rings is 3. The third-order valence-corrected chi connectivity index (χ3v) is 3.64. The van der Waals surface area contributed by atoms with Gasteiger partial charge in [0.05, 0.1) is 11.0 Å². The second-order valence-electron chi connectivity index (χ2n) is 4.93. The fraction of sp³-hybridized carbons (Fsp3) is 0.0625. The van der Waals surface area contributed by atoms with Gasteiger partial charge in [0, 0.05) is 5.39 Å². The Morgan fingerprint density at radius 2 is 1.57 bits per heavy atom. The Labute approximate surface area is 117 Å². The van der Waals surface area contributed by atoms with E-state index in [9.17, 15) is 13.2 Å². The van der Waals surface area contributed by atoms with E-state index >= 15 is 0 Å². The third-order valence-electron chi connectivity index (χ3n) is 3.64. The lowest BCUT2D eigenvalue weighted by molar-refractivity contribution is -0.144. The Kier molecular flexibility index (Phi) is 2.31. The number of hydrogen-bond donors (Lipinski definition) is 1. The van der Waals surface area contributed by atoms with E-state index in [1.165, 1.54) is 0 Å². The van der Waals surface area contributed by atoms with Crippen molar-refractivity contribution in [2.24, 2.45) is 0 Å². The highest BCUT2D eigenvalue weighted by atomic mass is 19.4. The number of rotatable bonds is 0. The molecular formula is C16H9F3N2. The topological polar surface area (TPSA) is 28.7 Å². The molecule has 0 saturated heterocycles. The predicted octanol–water partition coefficient (Wildman–Crippen LogP) is 4.89. The minimum atomic E-state index is -4.47. The molecule has 0 saturated carbocycles. The fourth-order valence-electron chi connectivity index (χ4n) is 2.70. The Hall–Kier alpha value is -2.56. The second kappa shape index (κ2) is 3.97. The summed E-state index contributed by atoms with van der Waals surface area (Å²) < 4.78 is 38.4. The van der Waals surface area contributed by atoms with Crippen molar-refractivity contribution in [3.8, 4) is 0 Å². The normalized spacial score (nSPS) is 12.5. The monoisotopic (exact) mass is 286 g/mol. The van der Waals surface area contributed by atoms with Crippen molar-refractivity contribution in [2.45, 2.75) is 6.18 Å². The van der Waals surface area contributed by atoms with Crippen LogP contribution in [0.15, 0.2) is 48.5 Å². The lowest BCUT2D eigenvalue weighted by Crippen LogP contribution is -2.06. The molecule has 0 atom stereocenters. The zero-order chi connectivity index (χ0) is 14.6. The van der Waals surface area contributed by atoms with E-state index in [1.54, 1.807) is 6.07 Å². The summed E-state index contributed by atoms with van der Waals surface area (Å²) in [5.41, 5.74) is 0.746. The predicted molar refractivity (Wildman–Crippen MR) is 76.1 cm³/mol. The number of H-pyrrole nitrogens is 1. The first-order chi connectivity index (χ1) is 10.0. The van der Waals surface area contributed by atoms with Crippen LogP contribution < -0.4 is 0 Å². The molecule has 0 amide bonds. The van der Waals surface area contributed by atoms with Gasteiger partial charge in [-0.3, -0.25) is 0 Å². The van der Waals surface area contributed by atoms with E-state index in [0.717, 1.165) is 21.5 Å². The highest BCUT2D eigenvalue weighted by molar-refractivity contribution is 6.15. The van der Waals surface area contributed by atoms with Gasteiger partial charge in [-0.05, 0) is 22.2 Å². The van der Waals surface area contributed by atoms with E-state index in [0.29, 0.717) is 11.0 Å². The van der Waals surface area contributed by atoms with Crippen molar-refractivity contribution in [1.29, 1.82) is 0 Å². The van der Waals surface area contributed by atoms with Gasteiger partial charge in [0.2, 0.25) is 5.82 Å². The number of hydrogen-bond acceptors (Lipinski definition) is 1. The average Bonchev–Trinajstić information content (AvgIpc) is 2.91. The van der Waals surface area contributed by atoms with E-state index in [-0.39, 0.29) is 0 Å². The number of alkyl halides is 3. The van der Waals surface area contributed by atoms with Crippen molar-refractivity contribution >= 4 is 32.6 Å². The number of halogens is 3. The Balaban J connectivity index is 2.14. The zero-order valence-electron chi connectivity index (χ0n) is 10.7. The summed E-state index contributed by atoms with van der Waals surface area (Å²) in [6, 6.07) is 15.0. The SMILES string of the molecule is FC(F)(F)c1nc2c(ccc3c4ccccc4ccc32)[nH]1. The van der Waals surface area contributed by atoms with Crippen LogP contribution in [0.3, 0.4) is 0 Å². The van der Waals surface area contributed by atoms with Gasteiger partial charge < -0.3 is 4.98 Å². The minimum Gasteiger partial charge on any atom is -0.334 e. The van der Waals surface area contributed by atoms with E-state index < -0.39 is 12.0 Å². The van der Waals surface area contributed by atoms with E-state index in [2.05, 4.69) is 9.97 Å². The van der Waals surface area contributed by atoms with Crippen molar-refractivity contribution in [3.05, 3.63) is 54.4 Å². The summed E-state index contributed by atoms with van der Waals surface area (Å²) >= 11 is 0. The van der Waals surface area contributed by atoms with Gasteiger partial charge in [-0.1, -0.05) is 42.5 Å². The Bertz CT molecular complexity index is 983. The lowest BCUT2D eigenvalue weighted by atomic mass is 10.0. The van der Waals surface area contributed by atoms with Gasteiger partial charge >= 0.3 is 6.18 Å². The van der Waals surface area contributed by atoms with Gasteiger partial charge in [-0.15, -0.1) is 0 Å². The molecule has 0 bridgehead atoms. The molecule has 3 aromatic carbocycles. The van der Waals surface area contributed by atoms with Crippen LogP contribution in [-0.4, -0.2) is 9.97 Å². The van der Waals surface area contributed by atoms with Crippen molar-refractivity contribution in [1.82, 2.24) is 9.97 Å². The molecule has 0 aliphatic heterocycles. The number of imidazole rings is 1. The molecule has 1 aromatic heterocycles. The number of fused-ring (bicyclic) bond motifs is 5. The standard InChI is InChI=1S/C16H9F3N2/c17-16(18,19)15-20-13-8-7-11-10-4-2-1-3-9(10)5-6-12(11)14(13)21-15/h1-8H,(H,20,21). The highest BCUT2D eigenvalue weighted by Crippen LogP contribution is 2.33. The van der Waals surface area contributed by atoms with Crippen molar-refractivity contribution in [3.63, 3.8) is 0 Å². The molecule has 0 fully saturated rings. The molecule has 5 heteroatoms. The molecule has 0 unspecified atom stereocenters. The van der Waals surface area contributed by atoms with Crippen LogP contribution in [0.4, 0.5) is 13.2 Å². The summed E-state index contributed by atoms with van der Waals surface area (Å²) in [6.45, 7) is 0. The Morgan fingerprint density at radius 1 is 0.810 bits per heavy atom. The molecular weight excluding hydrogens is 277 g/mol. The molecule has 0 spiro atoms. The maximum atomic E-state index is 12.8. The average molecular weight is 286 g/mol. The molecule has 1 heterocycles. The first-order valence-electron chi connectivity index (χ1n) is 6.41. The number of nitrogens with zero attached hydrogens (tertiary/aromatic N) is 1. The maximum absolute atomic E-state index is 12.8. The van der Waals surface area contributed by atoms with Gasteiger partial charge in [0.25, 0.3) is 0 Å². The number of aromatic amines is 1. The molecule has 104 valence electrons. The molecule has 0 aliphatic carbocycles. The van der Waals surface area contributed by atoms with Crippen molar-refractivity contribution in [2.75, 3.05) is 0 Å². The number of nitrogens with one attached hydrogen (secondary N) is 1. The highest BCUT2D eigenvalue weighted by Gasteiger charge is 2.34. The van der Waals surface area contributed by atoms with Crippen LogP contribution >= 0.6 is 0 Å². The molecule has 0 radical (unpaired) electrons. The molecule has 4 rings (SSSR count). The van der Waals surface area contributed by atoms with Gasteiger partial charge in [0.15, 0.2) is 0 Å². The number of aromatic nitrogens is 2. The van der Waals surface area contributed by atoms with Crippen LogP contribution in [0.2, 0.25) is 0 Å². The van der Waals surface area contributed by atoms with E-state index in [1.807, 2.05) is 42.5 Å². The Morgan fingerprint density at radius 3 is 2.38 bits per heavy atom. The van der Waals surface area contributed by atoms with Gasteiger partial charge in [0.1, 0.15) is 0 Å². The second-order valence-corrected chi connectivity index (χ2v) is 4.93. The first kappa shape index (κ1) is 12.2. The minimum absolute atomic E-state index is 0.352. The quantitative estimate of drug-likeness (QED) is 0.458. The molecule has 2 nitrogen and oxygen atoms in total. The summed E-state index contributed by atoms with van der Waals surface area (Å²) in [4.78, 5) is 6.08. The van der Waals surface area contributed by atoms with E-state index in [4.69, 9.17) is 0 Å². The van der Waals surface area contributed by atoms with Crippen LogP contribution in [0.25, 0.3) is 32.6 Å². The van der Waals surface area contributed by atoms with Crippen LogP contribution in [0, 0.1) is 0 Å². The summed E-state index contributed by atoms with van der Waals surface area (Å²) in [5, 5.41) is 3.68. The van der Waals surface area contributed by atoms with Gasteiger partial charge in [-0.2, -0.15) is 13.2 Å².